The Kier molecular flexibility index (Phi) is 4.14. The molecule has 1 aliphatic rings. The number of hydrogen-bond acceptors (Lipinski definition) is 9. The fraction of sp³-hybridized carbons (Fsp3) is 0.462. The van der Waals surface area contributed by atoms with Gasteiger partial charge in [0.05, 0.1) is 7.11 Å². The van der Waals surface area contributed by atoms with Crippen molar-refractivity contribution in [2.75, 3.05) is 43.1 Å². The molecule has 116 valence electrons. The summed E-state index contributed by atoms with van der Waals surface area (Å²) in [6, 6.07) is 3.43. The Labute approximate surface area is 131 Å². The first-order valence-corrected chi connectivity index (χ1v) is 7.71. The van der Waals surface area contributed by atoms with Crippen molar-refractivity contribution >= 4 is 28.3 Å². The molecular formula is C13H16N6O2S. The topological polar surface area (TPSA) is 84.3 Å². The van der Waals surface area contributed by atoms with Gasteiger partial charge in [-0.3, -0.25) is 0 Å². The molecular weight excluding hydrogens is 304 g/mol. The summed E-state index contributed by atoms with van der Waals surface area (Å²) in [5.41, 5.74) is 0.217. The SMILES string of the molecule is COC(=O)c1ccc(N2CCN(c3nnc(C)s3)CC2)nn1. The molecule has 9 heteroatoms. The summed E-state index contributed by atoms with van der Waals surface area (Å²) < 4.78 is 4.61. The Hall–Kier alpha value is -2.29. The minimum absolute atomic E-state index is 0.217. The standard InChI is InChI=1S/C13H16N6O2S/c1-9-14-17-13(22-9)19-7-5-18(6-8-19)11-4-3-10(15-16-11)12(20)21-2/h3-4H,5-8H2,1-2H3. The summed E-state index contributed by atoms with van der Waals surface area (Å²) in [6.45, 7) is 5.32. The van der Waals surface area contributed by atoms with Crippen molar-refractivity contribution in [2.24, 2.45) is 0 Å². The van der Waals surface area contributed by atoms with E-state index in [0.717, 1.165) is 42.1 Å². The fourth-order valence-corrected chi connectivity index (χ4v) is 2.99. The van der Waals surface area contributed by atoms with Gasteiger partial charge in [0.15, 0.2) is 11.5 Å². The number of methoxy groups -OCH3 is 1. The van der Waals surface area contributed by atoms with E-state index < -0.39 is 5.97 Å². The lowest BCUT2D eigenvalue weighted by molar-refractivity contribution is 0.0592. The number of rotatable bonds is 3. The van der Waals surface area contributed by atoms with Crippen LogP contribution in [0.15, 0.2) is 12.1 Å². The molecule has 3 heterocycles. The summed E-state index contributed by atoms with van der Waals surface area (Å²) in [5.74, 6) is 0.288. The number of hydrogen-bond donors (Lipinski definition) is 0. The summed E-state index contributed by atoms with van der Waals surface area (Å²) in [7, 11) is 1.33. The Morgan fingerprint density at radius 3 is 2.36 bits per heavy atom. The van der Waals surface area contributed by atoms with Gasteiger partial charge in [-0.1, -0.05) is 11.3 Å². The second kappa shape index (κ2) is 6.22. The Morgan fingerprint density at radius 2 is 1.82 bits per heavy atom. The molecule has 2 aromatic rings. The van der Waals surface area contributed by atoms with Crippen LogP contribution in [0.5, 0.6) is 0 Å². The first-order chi connectivity index (χ1) is 10.7. The van der Waals surface area contributed by atoms with Gasteiger partial charge in [-0.05, 0) is 19.1 Å². The largest absolute Gasteiger partial charge is 0.464 e. The van der Waals surface area contributed by atoms with Crippen LogP contribution in [-0.2, 0) is 4.74 Å². The smallest absolute Gasteiger partial charge is 0.358 e. The quantitative estimate of drug-likeness (QED) is 0.766. The molecule has 0 atom stereocenters. The van der Waals surface area contributed by atoms with E-state index in [2.05, 4.69) is 34.9 Å². The van der Waals surface area contributed by atoms with Gasteiger partial charge in [0, 0.05) is 26.2 Å². The molecule has 0 saturated carbocycles. The van der Waals surface area contributed by atoms with E-state index in [1.165, 1.54) is 7.11 Å². The zero-order chi connectivity index (χ0) is 15.5. The molecule has 0 aliphatic carbocycles. The van der Waals surface area contributed by atoms with E-state index in [1.807, 2.05) is 6.92 Å². The minimum atomic E-state index is -0.476. The van der Waals surface area contributed by atoms with Gasteiger partial charge in [-0.2, -0.15) is 0 Å². The van der Waals surface area contributed by atoms with E-state index in [1.54, 1.807) is 23.5 Å². The van der Waals surface area contributed by atoms with Gasteiger partial charge < -0.3 is 14.5 Å². The fourth-order valence-electron chi connectivity index (χ4n) is 2.25. The van der Waals surface area contributed by atoms with Gasteiger partial charge in [-0.25, -0.2) is 4.79 Å². The highest BCUT2D eigenvalue weighted by Gasteiger charge is 2.21. The monoisotopic (exact) mass is 320 g/mol. The van der Waals surface area contributed by atoms with Gasteiger partial charge in [0.25, 0.3) is 0 Å². The third-order valence-corrected chi connectivity index (χ3v) is 4.33. The maximum absolute atomic E-state index is 11.3. The van der Waals surface area contributed by atoms with Gasteiger partial charge in [0.1, 0.15) is 5.01 Å². The van der Waals surface area contributed by atoms with Crippen molar-refractivity contribution in [3.63, 3.8) is 0 Å². The van der Waals surface area contributed by atoms with Crippen molar-refractivity contribution in [3.05, 3.63) is 22.8 Å². The minimum Gasteiger partial charge on any atom is -0.464 e. The van der Waals surface area contributed by atoms with Crippen molar-refractivity contribution in [1.29, 1.82) is 0 Å². The molecule has 0 N–H and O–H groups in total. The molecule has 0 bridgehead atoms. The van der Waals surface area contributed by atoms with Gasteiger partial charge in [-0.15, -0.1) is 20.4 Å². The molecule has 1 fully saturated rings. The van der Waals surface area contributed by atoms with Crippen LogP contribution in [0.3, 0.4) is 0 Å². The number of aromatic nitrogens is 4. The maximum atomic E-state index is 11.3. The van der Waals surface area contributed by atoms with Crippen LogP contribution in [0.25, 0.3) is 0 Å². The lowest BCUT2D eigenvalue weighted by Gasteiger charge is -2.34. The molecule has 0 aromatic carbocycles. The Morgan fingerprint density at radius 1 is 1.09 bits per heavy atom. The van der Waals surface area contributed by atoms with Crippen LogP contribution in [0.2, 0.25) is 0 Å². The van der Waals surface area contributed by atoms with Crippen molar-refractivity contribution < 1.29 is 9.53 Å². The summed E-state index contributed by atoms with van der Waals surface area (Å²) in [5, 5.41) is 18.2. The van der Waals surface area contributed by atoms with E-state index >= 15 is 0 Å². The first kappa shape index (κ1) is 14.6. The molecule has 0 unspecified atom stereocenters. The van der Waals surface area contributed by atoms with Crippen LogP contribution in [0.1, 0.15) is 15.5 Å². The molecule has 1 saturated heterocycles. The maximum Gasteiger partial charge on any atom is 0.358 e. The number of nitrogens with zero attached hydrogens (tertiary/aromatic N) is 6. The van der Waals surface area contributed by atoms with E-state index in [9.17, 15) is 4.79 Å². The second-order valence-corrected chi connectivity index (χ2v) is 6.01. The van der Waals surface area contributed by atoms with Crippen LogP contribution in [-0.4, -0.2) is 59.7 Å². The van der Waals surface area contributed by atoms with Crippen LogP contribution >= 0.6 is 11.3 Å². The average molecular weight is 320 g/mol. The van der Waals surface area contributed by atoms with Crippen LogP contribution in [0, 0.1) is 6.92 Å². The zero-order valence-corrected chi connectivity index (χ0v) is 13.2. The molecule has 8 nitrogen and oxygen atoms in total. The summed E-state index contributed by atoms with van der Waals surface area (Å²) >= 11 is 1.60. The lowest BCUT2D eigenvalue weighted by atomic mass is 10.3. The third-order valence-electron chi connectivity index (χ3n) is 3.43. The number of carbonyl (C=O) groups is 1. The summed E-state index contributed by atoms with van der Waals surface area (Å²) in [6.07, 6.45) is 0. The Bertz CT molecular complexity index is 651. The Balaban J connectivity index is 1.62. The van der Waals surface area contributed by atoms with Gasteiger partial charge in [0.2, 0.25) is 5.13 Å². The molecule has 1 aliphatic heterocycles. The number of piperazine rings is 1. The second-order valence-electron chi connectivity index (χ2n) is 4.85. The number of aryl methyl sites for hydroxylation is 1. The van der Waals surface area contributed by atoms with Gasteiger partial charge >= 0.3 is 5.97 Å². The van der Waals surface area contributed by atoms with Crippen LogP contribution < -0.4 is 9.80 Å². The van der Waals surface area contributed by atoms with Crippen molar-refractivity contribution in [3.8, 4) is 0 Å². The molecule has 0 spiro atoms. The molecule has 3 rings (SSSR count). The molecule has 2 aromatic heterocycles. The normalized spacial score (nSPS) is 15.0. The van der Waals surface area contributed by atoms with Crippen LogP contribution in [0.4, 0.5) is 10.9 Å². The van der Waals surface area contributed by atoms with Crippen molar-refractivity contribution in [2.45, 2.75) is 6.92 Å². The van der Waals surface area contributed by atoms with E-state index in [4.69, 9.17) is 0 Å². The molecule has 0 amide bonds. The highest BCUT2D eigenvalue weighted by atomic mass is 32.1. The average Bonchev–Trinajstić information content (AvgIpc) is 3.01. The third kappa shape index (κ3) is 2.98. The number of ether oxygens (including phenoxy) is 1. The van der Waals surface area contributed by atoms with E-state index in [0.29, 0.717) is 0 Å². The number of carbonyl (C=O) groups excluding carboxylic acids is 1. The van der Waals surface area contributed by atoms with Crippen molar-refractivity contribution in [1.82, 2.24) is 20.4 Å². The highest BCUT2D eigenvalue weighted by Crippen LogP contribution is 2.22. The predicted molar refractivity (Wildman–Crippen MR) is 82.4 cm³/mol. The zero-order valence-electron chi connectivity index (χ0n) is 12.4. The first-order valence-electron chi connectivity index (χ1n) is 6.89. The van der Waals surface area contributed by atoms with E-state index in [-0.39, 0.29) is 5.69 Å². The lowest BCUT2D eigenvalue weighted by Crippen LogP contribution is -2.46. The molecule has 0 radical (unpaired) electrons. The summed E-state index contributed by atoms with van der Waals surface area (Å²) in [4.78, 5) is 15.7. The highest BCUT2D eigenvalue weighted by molar-refractivity contribution is 7.15. The number of esters is 1. The molecule has 22 heavy (non-hydrogen) atoms. The number of anilines is 2. The predicted octanol–water partition coefficient (Wildman–Crippen LogP) is 0.750.